The molecular weight excluding hydrogens is 352 g/mol. The summed E-state index contributed by atoms with van der Waals surface area (Å²) < 4.78 is 5.80. The molecule has 1 heterocycles. The maximum atomic E-state index is 12.4. The maximum Gasteiger partial charge on any atom is 0.272 e. The summed E-state index contributed by atoms with van der Waals surface area (Å²) >= 11 is 0. The van der Waals surface area contributed by atoms with Crippen molar-refractivity contribution in [3.63, 3.8) is 0 Å². The smallest absolute Gasteiger partial charge is 0.272 e. The average Bonchev–Trinajstić information content (AvgIpc) is 2.75. The van der Waals surface area contributed by atoms with E-state index in [-0.39, 0.29) is 5.91 Å². The van der Waals surface area contributed by atoms with Crippen molar-refractivity contribution < 1.29 is 9.53 Å². The van der Waals surface area contributed by atoms with Gasteiger partial charge in [-0.25, -0.2) is 9.97 Å². The summed E-state index contributed by atoms with van der Waals surface area (Å²) in [5.41, 5.74) is 2.35. The molecular formula is C22H24N4O2. The Hall–Kier alpha value is -3.41. The average molecular weight is 376 g/mol. The monoisotopic (exact) mass is 376 g/mol. The lowest BCUT2D eigenvalue weighted by molar-refractivity contribution is 0.0767. The summed E-state index contributed by atoms with van der Waals surface area (Å²) in [6.45, 7) is 5.71. The SMILES string of the molecule is CCN(CC)C(=O)c1cc(Nc2ccc(OCc3ccccc3)cc2)ncn1. The van der Waals surface area contributed by atoms with Crippen molar-refractivity contribution in [3.8, 4) is 5.75 Å². The molecule has 0 unspecified atom stereocenters. The van der Waals surface area contributed by atoms with Crippen molar-refractivity contribution in [1.82, 2.24) is 14.9 Å². The van der Waals surface area contributed by atoms with Gasteiger partial charge in [0.2, 0.25) is 0 Å². The first-order valence-corrected chi connectivity index (χ1v) is 9.34. The van der Waals surface area contributed by atoms with Crippen LogP contribution >= 0.6 is 0 Å². The lowest BCUT2D eigenvalue weighted by Crippen LogP contribution is -2.31. The zero-order chi connectivity index (χ0) is 19.8. The molecule has 144 valence electrons. The third-order valence-corrected chi connectivity index (χ3v) is 4.31. The minimum Gasteiger partial charge on any atom is -0.489 e. The highest BCUT2D eigenvalue weighted by molar-refractivity contribution is 5.93. The molecule has 0 saturated heterocycles. The molecule has 1 aromatic heterocycles. The summed E-state index contributed by atoms with van der Waals surface area (Å²) in [6, 6.07) is 19.3. The molecule has 0 atom stereocenters. The Kier molecular flexibility index (Phi) is 6.57. The van der Waals surface area contributed by atoms with Crippen LogP contribution in [0.1, 0.15) is 29.9 Å². The van der Waals surface area contributed by atoms with Gasteiger partial charge in [0.1, 0.15) is 30.2 Å². The molecule has 3 aromatic rings. The van der Waals surface area contributed by atoms with Gasteiger partial charge in [-0.2, -0.15) is 0 Å². The van der Waals surface area contributed by atoms with Crippen molar-refractivity contribution in [2.75, 3.05) is 18.4 Å². The van der Waals surface area contributed by atoms with E-state index in [1.165, 1.54) is 6.33 Å². The number of ether oxygens (including phenoxy) is 1. The summed E-state index contributed by atoms with van der Waals surface area (Å²) in [5.74, 6) is 1.26. The molecule has 6 heteroatoms. The number of carbonyl (C=O) groups excluding carboxylic acids is 1. The topological polar surface area (TPSA) is 67.4 Å². The molecule has 6 nitrogen and oxygen atoms in total. The van der Waals surface area contributed by atoms with Gasteiger partial charge >= 0.3 is 0 Å². The first kappa shape index (κ1) is 19.4. The molecule has 0 bridgehead atoms. The highest BCUT2D eigenvalue weighted by Gasteiger charge is 2.14. The van der Waals surface area contributed by atoms with Crippen LogP contribution in [0.5, 0.6) is 5.75 Å². The number of carbonyl (C=O) groups is 1. The molecule has 0 fully saturated rings. The van der Waals surface area contributed by atoms with Crippen molar-refractivity contribution in [1.29, 1.82) is 0 Å². The number of rotatable bonds is 8. The van der Waals surface area contributed by atoms with Crippen LogP contribution in [0, 0.1) is 0 Å². The number of anilines is 2. The van der Waals surface area contributed by atoms with Crippen LogP contribution in [0.25, 0.3) is 0 Å². The molecule has 0 aliphatic carbocycles. The first-order valence-electron chi connectivity index (χ1n) is 9.34. The van der Waals surface area contributed by atoms with Crippen LogP contribution in [-0.2, 0) is 6.61 Å². The predicted molar refractivity (Wildman–Crippen MR) is 110 cm³/mol. The summed E-state index contributed by atoms with van der Waals surface area (Å²) in [6.07, 6.45) is 1.40. The number of hydrogen-bond donors (Lipinski definition) is 1. The minimum absolute atomic E-state index is 0.0971. The Morgan fingerprint density at radius 3 is 2.39 bits per heavy atom. The van der Waals surface area contributed by atoms with Crippen molar-refractivity contribution in [2.45, 2.75) is 20.5 Å². The van der Waals surface area contributed by atoms with Crippen LogP contribution in [0.4, 0.5) is 11.5 Å². The summed E-state index contributed by atoms with van der Waals surface area (Å²) in [7, 11) is 0. The number of benzene rings is 2. The fourth-order valence-corrected chi connectivity index (χ4v) is 2.74. The van der Waals surface area contributed by atoms with E-state index in [2.05, 4.69) is 15.3 Å². The molecule has 0 spiro atoms. The fourth-order valence-electron chi connectivity index (χ4n) is 2.74. The molecule has 2 aromatic carbocycles. The lowest BCUT2D eigenvalue weighted by Gasteiger charge is -2.18. The number of hydrogen-bond acceptors (Lipinski definition) is 5. The number of nitrogens with zero attached hydrogens (tertiary/aromatic N) is 3. The minimum atomic E-state index is -0.0971. The van der Waals surface area contributed by atoms with E-state index in [1.54, 1.807) is 11.0 Å². The highest BCUT2D eigenvalue weighted by Crippen LogP contribution is 2.20. The zero-order valence-corrected chi connectivity index (χ0v) is 16.1. The van der Waals surface area contributed by atoms with E-state index in [4.69, 9.17) is 4.74 Å². The zero-order valence-electron chi connectivity index (χ0n) is 16.1. The van der Waals surface area contributed by atoms with Gasteiger partial charge in [-0.05, 0) is 43.7 Å². The van der Waals surface area contributed by atoms with E-state index in [0.717, 1.165) is 17.0 Å². The molecule has 1 N–H and O–H groups in total. The van der Waals surface area contributed by atoms with Crippen LogP contribution in [0.15, 0.2) is 67.0 Å². The Morgan fingerprint density at radius 1 is 1.00 bits per heavy atom. The second-order valence-electron chi connectivity index (χ2n) is 6.19. The quantitative estimate of drug-likeness (QED) is 0.635. The Morgan fingerprint density at radius 2 is 1.71 bits per heavy atom. The second-order valence-corrected chi connectivity index (χ2v) is 6.19. The number of nitrogens with one attached hydrogen (secondary N) is 1. The second kappa shape index (κ2) is 9.50. The molecule has 0 aliphatic rings. The third-order valence-electron chi connectivity index (χ3n) is 4.31. The number of aromatic nitrogens is 2. The fraction of sp³-hybridized carbons (Fsp3) is 0.227. The van der Waals surface area contributed by atoms with Crippen molar-refractivity contribution in [3.05, 3.63) is 78.2 Å². The van der Waals surface area contributed by atoms with Gasteiger partial charge in [0.15, 0.2) is 0 Å². The maximum absolute atomic E-state index is 12.4. The van der Waals surface area contributed by atoms with E-state index in [1.807, 2.05) is 68.4 Å². The Balaban J connectivity index is 1.62. The first-order chi connectivity index (χ1) is 13.7. The largest absolute Gasteiger partial charge is 0.489 e. The molecule has 1 amide bonds. The van der Waals surface area contributed by atoms with E-state index < -0.39 is 0 Å². The van der Waals surface area contributed by atoms with E-state index >= 15 is 0 Å². The molecule has 28 heavy (non-hydrogen) atoms. The van der Waals surface area contributed by atoms with Crippen LogP contribution in [-0.4, -0.2) is 33.9 Å². The van der Waals surface area contributed by atoms with Gasteiger partial charge in [0, 0.05) is 24.8 Å². The standard InChI is InChI=1S/C22H24N4O2/c1-3-26(4-2)22(27)20-14-21(24-16-23-20)25-18-10-12-19(13-11-18)28-15-17-8-6-5-7-9-17/h5-14,16H,3-4,15H2,1-2H3,(H,23,24,25). The van der Waals surface area contributed by atoms with Gasteiger partial charge in [-0.15, -0.1) is 0 Å². The molecule has 0 saturated carbocycles. The van der Waals surface area contributed by atoms with Crippen molar-refractivity contribution >= 4 is 17.4 Å². The summed E-state index contributed by atoms with van der Waals surface area (Å²) in [4.78, 5) is 22.5. The third kappa shape index (κ3) is 5.07. The lowest BCUT2D eigenvalue weighted by atomic mass is 10.2. The highest BCUT2D eigenvalue weighted by atomic mass is 16.5. The number of amides is 1. The molecule has 3 rings (SSSR count). The van der Waals surface area contributed by atoms with Crippen LogP contribution < -0.4 is 10.1 Å². The van der Waals surface area contributed by atoms with E-state index in [9.17, 15) is 4.79 Å². The van der Waals surface area contributed by atoms with Gasteiger partial charge in [0.05, 0.1) is 0 Å². The Bertz CT molecular complexity index is 894. The van der Waals surface area contributed by atoms with Crippen LogP contribution in [0.2, 0.25) is 0 Å². The predicted octanol–water partition coefficient (Wildman–Crippen LogP) is 4.28. The van der Waals surface area contributed by atoms with Gasteiger partial charge in [0.25, 0.3) is 5.91 Å². The van der Waals surface area contributed by atoms with E-state index in [0.29, 0.717) is 31.2 Å². The van der Waals surface area contributed by atoms with Gasteiger partial charge < -0.3 is 15.0 Å². The molecule has 0 aliphatic heterocycles. The summed E-state index contributed by atoms with van der Waals surface area (Å²) in [5, 5.41) is 3.20. The van der Waals surface area contributed by atoms with Gasteiger partial charge in [-0.3, -0.25) is 4.79 Å². The van der Waals surface area contributed by atoms with Gasteiger partial charge in [-0.1, -0.05) is 30.3 Å². The molecule has 0 radical (unpaired) electrons. The van der Waals surface area contributed by atoms with Crippen LogP contribution in [0.3, 0.4) is 0 Å². The van der Waals surface area contributed by atoms with Crippen molar-refractivity contribution in [2.24, 2.45) is 0 Å². The normalized spacial score (nSPS) is 10.4. The Labute approximate surface area is 165 Å².